The lowest BCUT2D eigenvalue weighted by Gasteiger charge is -2.18. The SMILES string of the molecule is CCN(CC)Cc1cccc(/C=C/C(=O)c2cc(OC)ccc2OC)c1. The van der Waals surface area contributed by atoms with Gasteiger partial charge in [0.2, 0.25) is 0 Å². The number of hydrogen-bond acceptors (Lipinski definition) is 4. The van der Waals surface area contributed by atoms with E-state index in [9.17, 15) is 4.79 Å². The Kier molecular flexibility index (Phi) is 7.42. The molecule has 0 N–H and O–H groups in total. The van der Waals surface area contributed by atoms with Crippen LogP contribution < -0.4 is 9.47 Å². The molecule has 0 heterocycles. The highest BCUT2D eigenvalue weighted by atomic mass is 16.5. The zero-order chi connectivity index (χ0) is 18.9. The predicted octanol–water partition coefficient (Wildman–Crippen LogP) is 4.44. The molecule has 0 fully saturated rings. The molecule has 4 nitrogen and oxygen atoms in total. The summed E-state index contributed by atoms with van der Waals surface area (Å²) in [6, 6.07) is 13.5. The molecule has 2 rings (SSSR count). The number of nitrogens with zero attached hydrogens (tertiary/aromatic N) is 1. The Labute approximate surface area is 156 Å². The first-order valence-corrected chi connectivity index (χ1v) is 8.87. The summed E-state index contributed by atoms with van der Waals surface area (Å²) in [5.74, 6) is 1.05. The van der Waals surface area contributed by atoms with E-state index in [1.807, 2.05) is 18.2 Å². The molecule has 0 radical (unpaired) electrons. The van der Waals surface area contributed by atoms with Gasteiger partial charge in [0.25, 0.3) is 0 Å². The van der Waals surface area contributed by atoms with Crippen molar-refractivity contribution in [1.29, 1.82) is 0 Å². The van der Waals surface area contributed by atoms with Gasteiger partial charge in [-0.2, -0.15) is 0 Å². The monoisotopic (exact) mass is 353 g/mol. The number of methoxy groups -OCH3 is 2. The van der Waals surface area contributed by atoms with Gasteiger partial charge in [0.05, 0.1) is 19.8 Å². The van der Waals surface area contributed by atoms with Crippen molar-refractivity contribution in [2.45, 2.75) is 20.4 Å². The molecule has 0 aromatic heterocycles. The van der Waals surface area contributed by atoms with Crippen molar-refractivity contribution in [3.8, 4) is 11.5 Å². The number of ether oxygens (including phenoxy) is 2. The van der Waals surface area contributed by atoms with E-state index in [2.05, 4.69) is 30.9 Å². The Bertz CT molecular complexity index is 764. The van der Waals surface area contributed by atoms with Crippen molar-refractivity contribution >= 4 is 11.9 Å². The second-order valence-corrected chi connectivity index (χ2v) is 5.97. The van der Waals surface area contributed by atoms with Crippen LogP contribution >= 0.6 is 0 Å². The summed E-state index contributed by atoms with van der Waals surface area (Å²) < 4.78 is 10.5. The maximum absolute atomic E-state index is 12.6. The minimum atomic E-state index is -0.116. The van der Waals surface area contributed by atoms with Crippen LogP contribution in [-0.4, -0.2) is 38.0 Å². The molecule has 0 aliphatic carbocycles. The molecule has 2 aromatic rings. The van der Waals surface area contributed by atoms with Crippen LogP contribution in [0.1, 0.15) is 35.3 Å². The average Bonchev–Trinajstić information content (AvgIpc) is 2.69. The van der Waals surface area contributed by atoms with Gasteiger partial charge in [-0.1, -0.05) is 44.2 Å². The number of allylic oxidation sites excluding steroid dienone is 1. The maximum atomic E-state index is 12.6. The van der Waals surface area contributed by atoms with Crippen LogP contribution in [0.3, 0.4) is 0 Å². The zero-order valence-corrected chi connectivity index (χ0v) is 16.0. The van der Waals surface area contributed by atoms with Crippen LogP contribution in [0.5, 0.6) is 11.5 Å². The highest BCUT2D eigenvalue weighted by molar-refractivity contribution is 6.08. The summed E-state index contributed by atoms with van der Waals surface area (Å²) in [6.45, 7) is 7.27. The molecule has 0 aliphatic rings. The van der Waals surface area contributed by atoms with Crippen molar-refractivity contribution in [3.05, 3.63) is 65.2 Å². The molecule has 0 atom stereocenters. The molecule has 0 unspecified atom stereocenters. The Morgan fingerprint density at radius 3 is 2.46 bits per heavy atom. The van der Waals surface area contributed by atoms with Gasteiger partial charge in [-0.3, -0.25) is 9.69 Å². The fraction of sp³-hybridized carbons (Fsp3) is 0.318. The maximum Gasteiger partial charge on any atom is 0.189 e. The van der Waals surface area contributed by atoms with Gasteiger partial charge in [0.15, 0.2) is 5.78 Å². The molecule has 0 aliphatic heterocycles. The minimum absolute atomic E-state index is 0.116. The normalized spacial score (nSPS) is 11.1. The summed E-state index contributed by atoms with van der Waals surface area (Å²) in [6.07, 6.45) is 3.42. The molecule has 0 bridgehead atoms. The van der Waals surface area contributed by atoms with E-state index < -0.39 is 0 Å². The van der Waals surface area contributed by atoms with E-state index in [4.69, 9.17) is 9.47 Å². The molecule has 26 heavy (non-hydrogen) atoms. The lowest BCUT2D eigenvalue weighted by molar-refractivity contribution is 0.104. The van der Waals surface area contributed by atoms with Gasteiger partial charge in [-0.05, 0) is 48.5 Å². The Balaban J connectivity index is 2.18. The zero-order valence-electron chi connectivity index (χ0n) is 16.0. The molecular weight excluding hydrogens is 326 g/mol. The first kappa shape index (κ1) is 19.7. The molecule has 0 amide bonds. The van der Waals surface area contributed by atoms with Crippen molar-refractivity contribution < 1.29 is 14.3 Å². The summed E-state index contributed by atoms with van der Waals surface area (Å²) in [7, 11) is 3.13. The van der Waals surface area contributed by atoms with E-state index in [1.54, 1.807) is 38.5 Å². The lowest BCUT2D eigenvalue weighted by atomic mass is 10.1. The number of rotatable bonds is 9. The topological polar surface area (TPSA) is 38.8 Å². The summed E-state index contributed by atoms with van der Waals surface area (Å²) in [5.41, 5.74) is 2.73. The molecule has 138 valence electrons. The Morgan fingerprint density at radius 1 is 1.04 bits per heavy atom. The van der Waals surface area contributed by atoms with E-state index in [0.29, 0.717) is 17.1 Å². The van der Waals surface area contributed by atoms with Crippen LogP contribution in [-0.2, 0) is 6.54 Å². The number of carbonyl (C=O) groups excluding carboxylic acids is 1. The van der Waals surface area contributed by atoms with Gasteiger partial charge >= 0.3 is 0 Å². The average molecular weight is 353 g/mol. The van der Waals surface area contributed by atoms with Crippen molar-refractivity contribution in [3.63, 3.8) is 0 Å². The lowest BCUT2D eigenvalue weighted by Crippen LogP contribution is -2.22. The first-order chi connectivity index (χ1) is 12.6. The summed E-state index contributed by atoms with van der Waals surface area (Å²) >= 11 is 0. The van der Waals surface area contributed by atoms with E-state index in [-0.39, 0.29) is 5.78 Å². The highest BCUT2D eigenvalue weighted by Crippen LogP contribution is 2.25. The van der Waals surface area contributed by atoms with Crippen molar-refractivity contribution in [1.82, 2.24) is 4.90 Å². The Hall–Kier alpha value is -2.59. The quantitative estimate of drug-likeness (QED) is 0.493. The second-order valence-electron chi connectivity index (χ2n) is 5.97. The smallest absolute Gasteiger partial charge is 0.189 e. The second kappa shape index (κ2) is 9.78. The molecule has 0 saturated heterocycles. The van der Waals surface area contributed by atoms with Gasteiger partial charge in [-0.15, -0.1) is 0 Å². The van der Waals surface area contributed by atoms with Crippen LogP contribution in [0.25, 0.3) is 6.08 Å². The van der Waals surface area contributed by atoms with Crippen LogP contribution in [0.4, 0.5) is 0 Å². The van der Waals surface area contributed by atoms with Gasteiger partial charge in [0.1, 0.15) is 11.5 Å². The third-order valence-electron chi connectivity index (χ3n) is 4.35. The van der Waals surface area contributed by atoms with Gasteiger partial charge in [0, 0.05) is 6.54 Å². The molecule has 2 aromatic carbocycles. The fourth-order valence-corrected chi connectivity index (χ4v) is 2.77. The number of benzene rings is 2. The van der Waals surface area contributed by atoms with E-state index in [1.165, 1.54) is 5.56 Å². The van der Waals surface area contributed by atoms with E-state index >= 15 is 0 Å². The minimum Gasteiger partial charge on any atom is -0.497 e. The first-order valence-electron chi connectivity index (χ1n) is 8.87. The summed E-state index contributed by atoms with van der Waals surface area (Å²) in [5, 5.41) is 0. The van der Waals surface area contributed by atoms with Crippen LogP contribution in [0, 0.1) is 0 Å². The fourth-order valence-electron chi connectivity index (χ4n) is 2.77. The van der Waals surface area contributed by atoms with Crippen molar-refractivity contribution in [2.24, 2.45) is 0 Å². The standard InChI is InChI=1S/C22H27NO3/c1-5-23(6-2)16-18-9-7-8-17(14-18)10-12-21(24)20-15-19(25-3)11-13-22(20)26-4/h7-15H,5-6,16H2,1-4H3/b12-10+. The Morgan fingerprint density at radius 2 is 1.81 bits per heavy atom. The van der Waals surface area contributed by atoms with Gasteiger partial charge < -0.3 is 9.47 Å². The molecule has 0 saturated carbocycles. The number of ketones is 1. The summed E-state index contributed by atoms with van der Waals surface area (Å²) in [4.78, 5) is 14.9. The van der Waals surface area contributed by atoms with Crippen molar-refractivity contribution in [2.75, 3.05) is 27.3 Å². The highest BCUT2D eigenvalue weighted by Gasteiger charge is 2.11. The van der Waals surface area contributed by atoms with Crippen LogP contribution in [0.2, 0.25) is 0 Å². The van der Waals surface area contributed by atoms with E-state index in [0.717, 1.165) is 25.2 Å². The van der Waals surface area contributed by atoms with Gasteiger partial charge in [-0.25, -0.2) is 0 Å². The third kappa shape index (κ3) is 5.20. The molecule has 4 heteroatoms. The van der Waals surface area contributed by atoms with Crippen LogP contribution in [0.15, 0.2) is 48.5 Å². The largest absolute Gasteiger partial charge is 0.497 e. The number of hydrogen-bond donors (Lipinski definition) is 0. The molecular formula is C22H27NO3. The third-order valence-corrected chi connectivity index (χ3v) is 4.35. The molecule has 0 spiro atoms. The predicted molar refractivity (Wildman–Crippen MR) is 106 cm³/mol. The number of carbonyl (C=O) groups is 1.